The molecule has 6 nitrogen and oxygen atoms in total. The number of hydrogen-bond acceptors (Lipinski definition) is 5. The molecule has 4 rings (SSSR count). The van der Waals surface area contributed by atoms with Crippen molar-refractivity contribution in [2.45, 2.75) is 32.3 Å². The smallest absolute Gasteiger partial charge is 0.269 e. The molecule has 0 radical (unpaired) electrons. The van der Waals surface area contributed by atoms with Gasteiger partial charge in [0.2, 0.25) is 0 Å². The first-order valence-corrected chi connectivity index (χ1v) is 9.05. The Morgan fingerprint density at radius 1 is 1.15 bits per heavy atom. The molecule has 0 fully saturated rings. The van der Waals surface area contributed by atoms with Crippen LogP contribution in [0.15, 0.2) is 45.6 Å². The van der Waals surface area contributed by atoms with Crippen molar-refractivity contribution in [2.24, 2.45) is 0 Å². The molecule has 0 spiro atoms. The molecular formula is C20H16ClNO5. The second-order valence-corrected chi connectivity index (χ2v) is 6.94. The van der Waals surface area contributed by atoms with Gasteiger partial charge in [0.25, 0.3) is 5.69 Å². The van der Waals surface area contributed by atoms with Crippen molar-refractivity contribution in [1.82, 2.24) is 0 Å². The summed E-state index contributed by atoms with van der Waals surface area (Å²) in [5.74, 6) is 1.16. The van der Waals surface area contributed by atoms with Gasteiger partial charge in [0.1, 0.15) is 23.7 Å². The molecule has 7 heteroatoms. The largest absolute Gasteiger partial charge is 0.487 e. The Hall–Kier alpha value is -2.86. The van der Waals surface area contributed by atoms with Crippen molar-refractivity contribution < 1.29 is 14.1 Å². The van der Waals surface area contributed by atoms with Crippen LogP contribution in [0.2, 0.25) is 5.02 Å². The Morgan fingerprint density at radius 2 is 1.89 bits per heavy atom. The highest BCUT2D eigenvalue weighted by atomic mass is 35.5. The molecule has 2 aromatic carbocycles. The fourth-order valence-electron chi connectivity index (χ4n) is 3.31. The summed E-state index contributed by atoms with van der Waals surface area (Å²) in [6, 6.07) is 9.33. The number of halogens is 1. The van der Waals surface area contributed by atoms with Crippen molar-refractivity contribution >= 4 is 28.3 Å². The predicted octanol–water partition coefficient (Wildman–Crippen LogP) is 4.81. The van der Waals surface area contributed by atoms with E-state index in [1.54, 1.807) is 24.3 Å². The number of aryl methyl sites for hydroxylation is 1. The normalized spacial score (nSPS) is 13.4. The van der Waals surface area contributed by atoms with Crippen LogP contribution in [0.25, 0.3) is 11.0 Å². The topological polar surface area (TPSA) is 82.6 Å². The lowest BCUT2D eigenvalue weighted by Crippen LogP contribution is -2.16. The molecule has 3 aromatic rings. The van der Waals surface area contributed by atoms with E-state index in [1.165, 1.54) is 12.1 Å². The van der Waals surface area contributed by atoms with Crippen molar-refractivity contribution in [1.29, 1.82) is 0 Å². The second kappa shape index (κ2) is 7.04. The van der Waals surface area contributed by atoms with Crippen LogP contribution in [-0.2, 0) is 19.4 Å². The van der Waals surface area contributed by atoms with Crippen LogP contribution >= 0.6 is 11.6 Å². The number of nitrogens with zero attached hydrogens (tertiary/aromatic N) is 1. The molecule has 1 heterocycles. The first kappa shape index (κ1) is 17.5. The maximum atomic E-state index is 12.7. The first-order valence-electron chi connectivity index (χ1n) is 8.67. The summed E-state index contributed by atoms with van der Waals surface area (Å²) in [7, 11) is 0. The Bertz CT molecular complexity index is 1090. The van der Waals surface area contributed by atoms with Gasteiger partial charge in [-0.3, -0.25) is 14.9 Å². The molecule has 1 aliphatic carbocycles. The Kier molecular flexibility index (Phi) is 4.58. The zero-order valence-corrected chi connectivity index (χ0v) is 15.1. The van der Waals surface area contributed by atoms with Crippen LogP contribution in [0.3, 0.4) is 0 Å². The lowest BCUT2D eigenvalue weighted by atomic mass is 9.96. The minimum absolute atomic E-state index is 0.0187. The molecule has 0 unspecified atom stereocenters. The van der Waals surface area contributed by atoms with Gasteiger partial charge >= 0.3 is 0 Å². The molecule has 0 bridgehead atoms. The average molecular weight is 386 g/mol. The number of rotatable bonds is 4. The predicted molar refractivity (Wildman–Crippen MR) is 102 cm³/mol. The molecule has 0 amide bonds. The van der Waals surface area contributed by atoms with E-state index in [4.69, 9.17) is 20.8 Å². The number of nitro benzene ring substituents is 1. The monoisotopic (exact) mass is 385 g/mol. The van der Waals surface area contributed by atoms with E-state index in [2.05, 4.69) is 0 Å². The van der Waals surface area contributed by atoms with Crippen LogP contribution in [-0.4, -0.2) is 4.92 Å². The van der Waals surface area contributed by atoms with E-state index in [1.807, 2.05) is 0 Å². The van der Waals surface area contributed by atoms with Gasteiger partial charge in [-0.2, -0.15) is 0 Å². The van der Waals surface area contributed by atoms with Gasteiger partial charge in [-0.15, -0.1) is 0 Å². The third-order valence-electron chi connectivity index (χ3n) is 4.74. The van der Waals surface area contributed by atoms with Gasteiger partial charge in [0.15, 0.2) is 5.43 Å². The fourth-order valence-corrected chi connectivity index (χ4v) is 3.53. The average Bonchev–Trinajstić information content (AvgIpc) is 2.68. The van der Waals surface area contributed by atoms with Crippen molar-refractivity contribution in [3.63, 3.8) is 0 Å². The van der Waals surface area contributed by atoms with Crippen LogP contribution in [0.1, 0.15) is 29.7 Å². The highest BCUT2D eigenvalue weighted by molar-refractivity contribution is 6.32. The number of ether oxygens (including phenoxy) is 1. The summed E-state index contributed by atoms with van der Waals surface area (Å²) >= 11 is 6.30. The molecule has 1 aliphatic rings. The molecular weight excluding hydrogens is 370 g/mol. The van der Waals surface area contributed by atoms with E-state index >= 15 is 0 Å². The summed E-state index contributed by atoms with van der Waals surface area (Å²) in [5, 5.41) is 11.5. The number of benzene rings is 2. The quantitative estimate of drug-likeness (QED) is 0.475. The number of non-ortho nitro benzene ring substituents is 1. The lowest BCUT2D eigenvalue weighted by molar-refractivity contribution is -0.384. The molecule has 27 heavy (non-hydrogen) atoms. The lowest BCUT2D eigenvalue weighted by Gasteiger charge is -2.15. The molecule has 0 N–H and O–H groups in total. The highest BCUT2D eigenvalue weighted by Gasteiger charge is 2.19. The zero-order valence-electron chi connectivity index (χ0n) is 14.4. The van der Waals surface area contributed by atoms with Gasteiger partial charge in [-0.05, 0) is 43.0 Å². The van der Waals surface area contributed by atoms with E-state index in [0.29, 0.717) is 21.7 Å². The minimum atomic E-state index is -0.451. The van der Waals surface area contributed by atoms with Crippen LogP contribution in [0, 0.1) is 10.1 Å². The van der Waals surface area contributed by atoms with Crippen molar-refractivity contribution in [2.75, 3.05) is 0 Å². The Balaban J connectivity index is 1.63. The Morgan fingerprint density at radius 3 is 2.63 bits per heavy atom. The summed E-state index contributed by atoms with van der Waals surface area (Å²) in [6.07, 6.45) is 3.51. The van der Waals surface area contributed by atoms with Crippen LogP contribution in [0.5, 0.6) is 5.75 Å². The van der Waals surface area contributed by atoms with Gasteiger partial charge < -0.3 is 9.15 Å². The van der Waals surface area contributed by atoms with Crippen molar-refractivity contribution in [3.05, 3.63) is 78.6 Å². The maximum Gasteiger partial charge on any atom is 0.269 e. The Labute approximate surface area is 159 Å². The van der Waals surface area contributed by atoms with E-state index in [9.17, 15) is 14.9 Å². The second-order valence-electron chi connectivity index (χ2n) is 6.53. The zero-order chi connectivity index (χ0) is 19.0. The number of fused-ring (bicyclic) bond motifs is 2. The SMILES string of the molecule is O=c1c2c(oc3cc(OCc4ccc([N+](=O)[O-])cc4)c(Cl)cc13)CCCC2. The van der Waals surface area contributed by atoms with Gasteiger partial charge in [-0.25, -0.2) is 0 Å². The molecule has 1 aromatic heterocycles. The molecule has 138 valence electrons. The first-order chi connectivity index (χ1) is 13.0. The summed E-state index contributed by atoms with van der Waals surface area (Å²) in [6.45, 7) is 0.193. The van der Waals surface area contributed by atoms with Gasteiger partial charge in [-0.1, -0.05) is 11.6 Å². The molecule has 0 aliphatic heterocycles. The third-order valence-corrected chi connectivity index (χ3v) is 5.04. The molecule has 0 saturated carbocycles. The van der Waals surface area contributed by atoms with E-state index < -0.39 is 4.92 Å². The maximum absolute atomic E-state index is 12.7. The summed E-state index contributed by atoms with van der Waals surface area (Å²) in [5.41, 5.74) is 1.99. The third kappa shape index (κ3) is 3.40. The molecule has 0 saturated heterocycles. The standard InChI is InChI=1S/C20H16ClNO5/c21-16-9-15-18(27-17-4-2-1-3-14(17)20(15)23)10-19(16)26-11-12-5-7-13(8-6-12)22(24)25/h5-10H,1-4,11H2. The van der Waals surface area contributed by atoms with Crippen molar-refractivity contribution in [3.8, 4) is 5.75 Å². The minimum Gasteiger partial charge on any atom is -0.487 e. The van der Waals surface area contributed by atoms with E-state index in [-0.39, 0.29) is 17.7 Å². The van der Waals surface area contributed by atoms with Gasteiger partial charge in [0.05, 0.1) is 15.3 Å². The number of hydrogen-bond donors (Lipinski definition) is 0. The van der Waals surface area contributed by atoms with E-state index in [0.717, 1.165) is 42.6 Å². The summed E-state index contributed by atoms with van der Waals surface area (Å²) < 4.78 is 11.7. The summed E-state index contributed by atoms with van der Waals surface area (Å²) in [4.78, 5) is 22.9. The van der Waals surface area contributed by atoms with Crippen LogP contribution < -0.4 is 10.2 Å². The van der Waals surface area contributed by atoms with Gasteiger partial charge in [0, 0.05) is 30.2 Å². The highest BCUT2D eigenvalue weighted by Crippen LogP contribution is 2.32. The van der Waals surface area contributed by atoms with Crippen LogP contribution in [0.4, 0.5) is 5.69 Å². The molecule has 0 atom stereocenters. The fraction of sp³-hybridized carbons (Fsp3) is 0.250. The number of nitro groups is 1.